The molecule has 0 saturated carbocycles. The van der Waals surface area contributed by atoms with Crippen molar-refractivity contribution in [1.82, 2.24) is 5.32 Å². The summed E-state index contributed by atoms with van der Waals surface area (Å²) in [4.78, 5) is 27.1. The van der Waals surface area contributed by atoms with Gasteiger partial charge in [-0.25, -0.2) is 8.78 Å². The second-order valence-electron chi connectivity index (χ2n) is 12.5. The van der Waals surface area contributed by atoms with Gasteiger partial charge in [0.1, 0.15) is 11.2 Å². The third kappa shape index (κ3) is 6.52. The molecule has 3 aromatic rings. The Balaban J connectivity index is 0.000000488. The van der Waals surface area contributed by atoms with Crippen molar-refractivity contribution < 1.29 is 27.8 Å². The molecule has 2 amide bonds. The number of fused-ring (bicyclic) bond motifs is 2. The lowest BCUT2D eigenvalue weighted by molar-refractivity contribution is -0.131. The van der Waals surface area contributed by atoms with Gasteiger partial charge in [0.2, 0.25) is 11.8 Å². The summed E-state index contributed by atoms with van der Waals surface area (Å²) in [5.74, 6) is -3.94. The van der Waals surface area contributed by atoms with Gasteiger partial charge in [-0.2, -0.15) is 0 Å². The molecule has 2 N–H and O–H groups in total. The van der Waals surface area contributed by atoms with Gasteiger partial charge >= 0.3 is 0 Å². The van der Waals surface area contributed by atoms with Crippen molar-refractivity contribution in [3.05, 3.63) is 93.0 Å². The molecule has 236 valence electrons. The summed E-state index contributed by atoms with van der Waals surface area (Å²) in [7, 11) is 0.798. The molecule has 1 spiro atoms. The molecule has 1 saturated heterocycles. The Bertz CT molecular complexity index is 1570. The number of nitrogens with one attached hydrogen (secondary N) is 2. The number of carbonyl (C=O) groups excluding carboxylic acids is 2. The Morgan fingerprint density at radius 1 is 0.977 bits per heavy atom. The molecule has 0 radical (unpaired) electrons. The monoisotopic (exact) mass is 662 g/mol. The van der Waals surface area contributed by atoms with Gasteiger partial charge < -0.3 is 20.1 Å². The summed E-state index contributed by atoms with van der Waals surface area (Å²) in [5, 5.41) is 6.46. The molecule has 2 heterocycles. The zero-order chi connectivity index (χ0) is 32.6. The van der Waals surface area contributed by atoms with Crippen LogP contribution in [0.15, 0.2) is 54.6 Å². The Labute approximate surface area is 268 Å². The van der Waals surface area contributed by atoms with Gasteiger partial charge in [0.05, 0.1) is 25.8 Å². The number of rotatable bonds is 6. The van der Waals surface area contributed by atoms with Crippen LogP contribution >= 0.6 is 23.2 Å². The lowest BCUT2D eigenvalue weighted by Gasteiger charge is -2.46. The SMILES string of the molecule is CC(C)Oc1ccc(F)c(F)c1[C@H]1NC(=O)C[C@@H](c2cccc(Cl)c2)[C@]12C(=O)Nc1cc(Cl)ccc12.COC(C)[Si](C)(C)C. The molecule has 2 aliphatic rings. The van der Waals surface area contributed by atoms with E-state index in [1.54, 1.807) is 63.4 Å². The number of hydrogen-bond donors (Lipinski definition) is 2. The molecule has 2 aliphatic heterocycles. The van der Waals surface area contributed by atoms with E-state index in [4.69, 9.17) is 32.7 Å². The first-order valence-corrected chi connectivity index (χ1v) is 18.8. The lowest BCUT2D eigenvalue weighted by Crippen LogP contribution is -2.57. The Morgan fingerprint density at radius 2 is 1.66 bits per heavy atom. The smallest absolute Gasteiger partial charge is 0.238 e. The molecule has 4 atom stereocenters. The highest BCUT2D eigenvalue weighted by Gasteiger charge is 2.62. The predicted octanol–water partition coefficient (Wildman–Crippen LogP) is 8.19. The van der Waals surface area contributed by atoms with E-state index in [2.05, 4.69) is 37.2 Å². The second kappa shape index (κ2) is 13.2. The van der Waals surface area contributed by atoms with Crippen LogP contribution in [0.5, 0.6) is 5.75 Å². The molecule has 44 heavy (non-hydrogen) atoms. The maximum atomic E-state index is 15.6. The van der Waals surface area contributed by atoms with Gasteiger partial charge in [0.15, 0.2) is 11.6 Å². The van der Waals surface area contributed by atoms with E-state index in [1.807, 2.05) is 0 Å². The normalized spacial score (nSPS) is 21.7. The molecule has 0 bridgehead atoms. The van der Waals surface area contributed by atoms with Crippen molar-refractivity contribution in [2.75, 3.05) is 12.4 Å². The highest BCUT2D eigenvalue weighted by molar-refractivity contribution is 6.77. The van der Waals surface area contributed by atoms with Crippen LogP contribution in [-0.2, 0) is 19.7 Å². The fourth-order valence-corrected chi connectivity index (χ4v) is 6.85. The molecule has 0 aromatic heterocycles. The van der Waals surface area contributed by atoms with Crippen molar-refractivity contribution in [3.63, 3.8) is 0 Å². The van der Waals surface area contributed by atoms with Gasteiger partial charge in [-0.1, -0.05) is 61.0 Å². The third-order valence-electron chi connectivity index (χ3n) is 8.32. The van der Waals surface area contributed by atoms with E-state index in [0.29, 0.717) is 32.6 Å². The van der Waals surface area contributed by atoms with Gasteiger partial charge in [0.25, 0.3) is 0 Å². The number of hydrogen-bond acceptors (Lipinski definition) is 4. The largest absolute Gasteiger partial charge is 0.491 e. The number of ether oxygens (including phenoxy) is 2. The van der Waals surface area contributed by atoms with Crippen LogP contribution in [0, 0.1) is 11.6 Å². The molecule has 3 aromatic carbocycles. The third-order valence-corrected chi connectivity index (χ3v) is 11.5. The Morgan fingerprint density at radius 3 is 2.25 bits per heavy atom. The molecule has 1 unspecified atom stereocenters. The number of carbonyl (C=O) groups is 2. The number of anilines is 1. The van der Waals surface area contributed by atoms with E-state index in [9.17, 15) is 14.0 Å². The van der Waals surface area contributed by atoms with Crippen LogP contribution in [0.1, 0.15) is 55.8 Å². The summed E-state index contributed by atoms with van der Waals surface area (Å²) in [6.45, 7) is 12.6. The van der Waals surface area contributed by atoms with Crippen molar-refractivity contribution >= 4 is 48.8 Å². The number of piperidine rings is 1. The van der Waals surface area contributed by atoms with Crippen molar-refractivity contribution in [2.45, 2.75) is 76.0 Å². The number of amides is 2. The van der Waals surface area contributed by atoms with Crippen LogP contribution in [0.4, 0.5) is 14.5 Å². The maximum Gasteiger partial charge on any atom is 0.238 e. The summed E-state index contributed by atoms with van der Waals surface area (Å²) in [6, 6.07) is 12.7. The highest BCUT2D eigenvalue weighted by atomic mass is 35.5. The molecule has 1 fully saturated rings. The highest BCUT2D eigenvalue weighted by Crippen LogP contribution is 2.59. The number of methoxy groups -OCH3 is 1. The minimum Gasteiger partial charge on any atom is -0.491 e. The van der Waals surface area contributed by atoms with Crippen LogP contribution in [0.2, 0.25) is 29.7 Å². The van der Waals surface area contributed by atoms with E-state index in [0.717, 1.165) is 6.07 Å². The van der Waals surface area contributed by atoms with Gasteiger partial charge in [-0.05, 0) is 68.3 Å². The van der Waals surface area contributed by atoms with Crippen molar-refractivity contribution in [3.8, 4) is 5.75 Å². The first kappa shape index (κ1) is 33.9. The number of halogens is 4. The van der Waals surface area contributed by atoms with Crippen molar-refractivity contribution in [1.29, 1.82) is 0 Å². The average Bonchev–Trinajstić information content (AvgIpc) is 3.22. The lowest BCUT2D eigenvalue weighted by atomic mass is 9.59. The summed E-state index contributed by atoms with van der Waals surface area (Å²) >= 11 is 12.5. The summed E-state index contributed by atoms with van der Waals surface area (Å²) in [5.41, 5.74) is 0.255. The molecule has 11 heteroatoms. The Kier molecular flexibility index (Phi) is 10.1. The average molecular weight is 664 g/mol. The first-order valence-electron chi connectivity index (χ1n) is 14.4. The van der Waals surface area contributed by atoms with Crippen molar-refractivity contribution in [2.24, 2.45) is 0 Å². The van der Waals surface area contributed by atoms with E-state index in [-0.39, 0.29) is 23.8 Å². The zero-order valence-corrected chi connectivity index (χ0v) is 28.4. The summed E-state index contributed by atoms with van der Waals surface area (Å²) in [6.07, 6.45) is -0.458. The summed E-state index contributed by atoms with van der Waals surface area (Å²) < 4.78 is 41.3. The van der Waals surface area contributed by atoms with E-state index >= 15 is 4.39 Å². The van der Waals surface area contributed by atoms with E-state index in [1.165, 1.54) is 6.07 Å². The minimum atomic E-state index is -1.55. The van der Waals surface area contributed by atoms with E-state index < -0.39 is 48.9 Å². The van der Waals surface area contributed by atoms with Crippen LogP contribution < -0.4 is 15.4 Å². The molecular weight excluding hydrogens is 625 g/mol. The fourth-order valence-electron chi connectivity index (χ4n) is 5.77. The van der Waals surface area contributed by atoms with Gasteiger partial charge in [0, 0.05) is 40.9 Å². The van der Waals surface area contributed by atoms with Gasteiger partial charge in [-0.3, -0.25) is 9.59 Å². The van der Waals surface area contributed by atoms with Crippen LogP contribution in [0.25, 0.3) is 0 Å². The second-order valence-corrected chi connectivity index (χ2v) is 18.9. The zero-order valence-electron chi connectivity index (χ0n) is 25.9. The topological polar surface area (TPSA) is 76.7 Å². The molecule has 5 rings (SSSR count). The Hall–Kier alpha value is -2.98. The first-order chi connectivity index (χ1) is 20.6. The maximum absolute atomic E-state index is 15.6. The fraction of sp³-hybridized carbons (Fsp3) is 0.394. The molecule has 6 nitrogen and oxygen atoms in total. The predicted molar refractivity (Wildman–Crippen MR) is 173 cm³/mol. The standard InChI is InChI=1S/C27H22Cl2F2N2O3.C6H16OSi/c1-13(2)36-21-9-8-19(30)24(31)23(21)25-27(17-7-6-16(29)11-20(17)32-26(27)35)18(12-22(34)33-25)14-4-3-5-15(28)10-14;1-6(7-2)8(3,4)5/h3-11,13,18,25H,12H2,1-2H3,(H,32,35)(H,33,34);6H,1-5H3/t18-,25+,27-;/m0./s1. The number of benzene rings is 3. The van der Waals surface area contributed by atoms with Crippen LogP contribution in [-0.4, -0.2) is 38.8 Å². The minimum absolute atomic E-state index is 0.0375. The van der Waals surface area contributed by atoms with Gasteiger partial charge in [-0.15, -0.1) is 0 Å². The van der Waals surface area contributed by atoms with Crippen LogP contribution in [0.3, 0.4) is 0 Å². The molecular formula is C33H38Cl2F2N2O4Si. The molecule has 0 aliphatic carbocycles. The quantitative estimate of drug-likeness (QED) is 0.261.